The molecule has 0 aromatic heterocycles. The molecule has 2 spiro atoms. The van der Waals surface area contributed by atoms with Gasteiger partial charge < -0.3 is 4.74 Å². The minimum Gasteiger partial charge on any atom is -0.466 e. The third-order valence-corrected chi connectivity index (χ3v) is 8.72. The number of ether oxygens (including phenoxy) is 1. The third kappa shape index (κ3) is 5.13. The summed E-state index contributed by atoms with van der Waals surface area (Å²) in [7, 11) is 0. The molecule has 4 fully saturated rings. The Morgan fingerprint density at radius 1 is 0.844 bits per heavy atom. The van der Waals surface area contributed by atoms with E-state index in [1.165, 1.54) is 82.6 Å². The van der Waals surface area contributed by atoms with Crippen LogP contribution in [0.25, 0.3) is 0 Å². The van der Waals surface area contributed by atoms with Crippen LogP contribution >= 0.6 is 0 Å². The molecule has 0 bridgehead atoms. The number of carbonyl (C=O) groups excluding carboxylic acids is 2. The Labute approximate surface area is 195 Å². The third-order valence-electron chi connectivity index (χ3n) is 8.72. The van der Waals surface area contributed by atoms with Gasteiger partial charge in [-0.3, -0.25) is 9.59 Å². The Balaban J connectivity index is 0.000000181. The van der Waals surface area contributed by atoms with Crippen LogP contribution in [0.3, 0.4) is 0 Å². The zero-order valence-corrected chi connectivity index (χ0v) is 20.6. The maximum Gasteiger partial charge on any atom is 0.313 e. The summed E-state index contributed by atoms with van der Waals surface area (Å²) < 4.78 is 5.24. The number of rotatable bonds is 4. The Morgan fingerprint density at radius 2 is 1.28 bits per heavy atom. The van der Waals surface area contributed by atoms with E-state index in [4.69, 9.17) is 4.74 Å². The molecule has 0 amide bonds. The predicted octanol–water partition coefficient (Wildman–Crippen LogP) is 7.51. The highest BCUT2D eigenvalue weighted by molar-refractivity contribution is 5.94. The average molecular weight is 441 g/mol. The van der Waals surface area contributed by atoms with Crippen molar-refractivity contribution in [3.8, 4) is 0 Å². The van der Waals surface area contributed by atoms with Crippen LogP contribution < -0.4 is 0 Å². The van der Waals surface area contributed by atoms with Gasteiger partial charge in [-0.1, -0.05) is 56.1 Å². The van der Waals surface area contributed by atoms with Crippen molar-refractivity contribution in [2.45, 2.75) is 104 Å². The Hall–Kier alpha value is -1.64. The summed E-state index contributed by atoms with van der Waals surface area (Å²) in [5.41, 5.74) is 2.80. The second-order valence-electron chi connectivity index (χ2n) is 10.7. The van der Waals surface area contributed by atoms with E-state index in [-0.39, 0.29) is 28.6 Å². The fourth-order valence-electron chi connectivity index (χ4n) is 7.42. The maximum atomic E-state index is 12.2. The molecule has 4 rings (SSSR count). The molecule has 0 aliphatic heterocycles. The number of esters is 1. The van der Waals surface area contributed by atoms with E-state index >= 15 is 0 Å². The molecule has 2 unspecified atom stereocenters. The van der Waals surface area contributed by atoms with Gasteiger partial charge in [0.15, 0.2) is 5.78 Å². The second-order valence-corrected chi connectivity index (χ2v) is 10.7. The molecule has 4 aliphatic rings. The molecule has 0 aromatic carbocycles. The summed E-state index contributed by atoms with van der Waals surface area (Å²) in [5.74, 6) is 0.395. The van der Waals surface area contributed by atoms with Gasteiger partial charge in [0.1, 0.15) is 0 Å². The monoisotopic (exact) mass is 440 g/mol. The van der Waals surface area contributed by atoms with E-state index in [0.717, 1.165) is 18.4 Å². The fourth-order valence-corrected chi connectivity index (χ4v) is 7.42. The van der Waals surface area contributed by atoms with Crippen LogP contribution in [0.4, 0.5) is 0 Å². The van der Waals surface area contributed by atoms with Crippen molar-refractivity contribution >= 4 is 11.8 Å². The summed E-state index contributed by atoms with van der Waals surface area (Å²) in [5, 5.41) is 0. The first-order valence-corrected chi connectivity index (χ1v) is 13.1. The van der Waals surface area contributed by atoms with Gasteiger partial charge >= 0.3 is 5.97 Å². The zero-order chi connectivity index (χ0) is 23.2. The quantitative estimate of drug-likeness (QED) is 0.258. The van der Waals surface area contributed by atoms with Crippen LogP contribution in [-0.2, 0) is 14.3 Å². The lowest BCUT2D eigenvalue weighted by Gasteiger charge is -2.41. The van der Waals surface area contributed by atoms with Crippen LogP contribution in [0, 0.1) is 22.7 Å². The standard InChI is InChI=1S/C15H22O.C14H22O2/c1-3-7-13(16)14-12(2)8-6-11-15(14)9-4-5-10-15;1-3-16-13(15)12-11(2)7-6-10-14(12)8-4-5-9-14/h3,7,14H,2,4-6,8-11H2,1H3;12H,2-10H2,1H3/b7-3+;. The van der Waals surface area contributed by atoms with Gasteiger partial charge in [-0.15, -0.1) is 0 Å². The Morgan fingerprint density at radius 3 is 1.75 bits per heavy atom. The predicted molar refractivity (Wildman–Crippen MR) is 131 cm³/mol. The summed E-state index contributed by atoms with van der Waals surface area (Å²) in [6, 6.07) is 0. The van der Waals surface area contributed by atoms with E-state index in [0.29, 0.717) is 12.4 Å². The van der Waals surface area contributed by atoms with Crippen molar-refractivity contribution in [3.63, 3.8) is 0 Å². The molecule has 178 valence electrons. The van der Waals surface area contributed by atoms with E-state index < -0.39 is 0 Å². The van der Waals surface area contributed by atoms with E-state index in [1.807, 2.05) is 19.9 Å². The molecule has 3 nitrogen and oxygen atoms in total. The van der Waals surface area contributed by atoms with Gasteiger partial charge in [-0.25, -0.2) is 0 Å². The van der Waals surface area contributed by atoms with Gasteiger partial charge in [0, 0.05) is 5.92 Å². The zero-order valence-electron chi connectivity index (χ0n) is 20.6. The number of allylic oxidation sites excluding steroid dienone is 3. The van der Waals surface area contributed by atoms with Gasteiger partial charge in [-0.05, 0) is 95.0 Å². The molecule has 2 atom stereocenters. The topological polar surface area (TPSA) is 43.4 Å². The highest BCUT2D eigenvalue weighted by atomic mass is 16.5. The summed E-state index contributed by atoms with van der Waals surface area (Å²) in [6.45, 7) is 12.6. The van der Waals surface area contributed by atoms with E-state index in [9.17, 15) is 9.59 Å². The molecule has 0 aromatic rings. The highest BCUT2D eigenvalue weighted by Crippen LogP contribution is 2.55. The molecule has 0 heterocycles. The minimum atomic E-state index is -0.0194. The van der Waals surface area contributed by atoms with Gasteiger partial charge in [0.2, 0.25) is 0 Å². The summed E-state index contributed by atoms with van der Waals surface area (Å²) >= 11 is 0. The molecule has 0 N–H and O–H groups in total. The molecule has 3 heteroatoms. The first-order chi connectivity index (χ1) is 15.4. The lowest BCUT2D eigenvalue weighted by molar-refractivity contribution is -0.152. The fraction of sp³-hybridized carbons (Fsp3) is 0.724. The van der Waals surface area contributed by atoms with Crippen molar-refractivity contribution in [2.24, 2.45) is 22.7 Å². The van der Waals surface area contributed by atoms with Gasteiger partial charge in [0.05, 0.1) is 12.5 Å². The summed E-state index contributed by atoms with van der Waals surface area (Å²) in [4.78, 5) is 24.3. The SMILES string of the molecule is C=C1CCCC2(CCCC2)C1C(=O)/C=C/C.C=C1CCCC2(CCCC2)C1C(=O)OCC. The second kappa shape index (κ2) is 11.0. The van der Waals surface area contributed by atoms with E-state index in [2.05, 4.69) is 13.2 Å². The number of carbonyl (C=O) groups is 2. The van der Waals surface area contributed by atoms with E-state index in [1.54, 1.807) is 6.08 Å². The number of hydrogen-bond donors (Lipinski definition) is 0. The van der Waals surface area contributed by atoms with Crippen molar-refractivity contribution in [3.05, 3.63) is 36.5 Å². The minimum absolute atomic E-state index is 0.0105. The first kappa shape index (κ1) is 25.0. The lowest BCUT2D eigenvalue weighted by Crippen LogP contribution is -2.39. The molecule has 0 radical (unpaired) electrons. The summed E-state index contributed by atoms with van der Waals surface area (Å²) in [6.07, 6.45) is 20.5. The normalized spacial score (nSPS) is 28.7. The van der Waals surface area contributed by atoms with Crippen LogP contribution in [0.1, 0.15) is 104 Å². The van der Waals surface area contributed by atoms with Crippen molar-refractivity contribution in [1.29, 1.82) is 0 Å². The lowest BCUT2D eigenvalue weighted by atomic mass is 9.62. The molecular formula is C29H44O3. The van der Waals surface area contributed by atoms with Gasteiger partial charge in [0.25, 0.3) is 0 Å². The Bertz CT molecular complexity index is 732. The molecular weight excluding hydrogens is 396 g/mol. The van der Waals surface area contributed by atoms with Crippen LogP contribution in [0.2, 0.25) is 0 Å². The average Bonchev–Trinajstić information content (AvgIpc) is 3.39. The smallest absolute Gasteiger partial charge is 0.313 e. The molecule has 0 saturated heterocycles. The van der Waals surface area contributed by atoms with Crippen LogP contribution in [-0.4, -0.2) is 18.4 Å². The number of ketones is 1. The number of hydrogen-bond acceptors (Lipinski definition) is 3. The van der Waals surface area contributed by atoms with Crippen molar-refractivity contribution < 1.29 is 14.3 Å². The molecule has 32 heavy (non-hydrogen) atoms. The molecule has 4 aliphatic carbocycles. The van der Waals surface area contributed by atoms with Crippen LogP contribution in [0.15, 0.2) is 36.5 Å². The van der Waals surface area contributed by atoms with Crippen molar-refractivity contribution in [2.75, 3.05) is 6.61 Å². The molecule has 4 saturated carbocycles. The highest BCUT2D eigenvalue weighted by Gasteiger charge is 2.48. The Kier molecular flexibility index (Phi) is 8.58. The maximum absolute atomic E-state index is 12.2. The first-order valence-electron chi connectivity index (χ1n) is 13.1. The largest absolute Gasteiger partial charge is 0.466 e. The van der Waals surface area contributed by atoms with Gasteiger partial charge in [-0.2, -0.15) is 0 Å². The van der Waals surface area contributed by atoms with Crippen LogP contribution in [0.5, 0.6) is 0 Å². The van der Waals surface area contributed by atoms with Crippen molar-refractivity contribution in [1.82, 2.24) is 0 Å².